The zero-order valence-electron chi connectivity index (χ0n) is 17.1. The first-order valence-electron chi connectivity index (χ1n) is 10.1. The molecule has 2 heterocycles. The monoisotopic (exact) mass is 400 g/mol. The first kappa shape index (κ1) is 18.6. The Hall–Kier alpha value is -3.38. The van der Waals surface area contributed by atoms with Crippen LogP contribution < -0.4 is 19.7 Å². The highest BCUT2D eigenvalue weighted by atomic mass is 16.5. The summed E-state index contributed by atoms with van der Waals surface area (Å²) in [6.45, 7) is 2.60. The molecule has 0 aliphatic carbocycles. The highest BCUT2D eigenvalue weighted by Crippen LogP contribution is 2.35. The summed E-state index contributed by atoms with van der Waals surface area (Å²) in [5.41, 5.74) is 2.13. The van der Waals surface area contributed by atoms with Crippen molar-refractivity contribution in [2.24, 2.45) is 0 Å². The Morgan fingerprint density at radius 2 is 1.73 bits per heavy atom. The van der Waals surface area contributed by atoms with Crippen LogP contribution in [-0.4, -0.2) is 43.8 Å². The van der Waals surface area contributed by atoms with Gasteiger partial charge in [0.15, 0.2) is 11.5 Å². The molecule has 0 spiro atoms. The maximum absolute atomic E-state index is 5.51. The maximum Gasteiger partial charge on any atom is 0.162 e. The van der Waals surface area contributed by atoms with E-state index in [0.717, 1.165) is 36.4 Å². The van der Waals surface area contributed by atoms with E-state index in [1.54, 1.807) is 20.5 Å². The molecule has 5 rings (SSSR count). The predicted octanol–water partition coefficient (Wildman–Crippen LogP) is 3.95. The van der Waals surface area contributed by atoms with Gasteiger partial charge in [-0.15, -0.1) is 0 Å². The smallest absolute Gasteiger partial charge is 0.162 e. The summed E-state index contributed by atoms with van der Waals surface area (Å²) in [6.07, 6.45) is 1.62. The SMILES string of the molecule is COc1cc2ncnc(N3CCNC(c4ccc5ccccc5c4)C3)c2cc1OC. The summed E-state index contributed by atoms with van der Waals surface area (Å²) >= 11 is 0. The van der Waals surface area contributed by atoms with Gasteiger partial charge in [0.1, 0.15) is 12.1 Å². The first-order valence-corrected chi connectivity index (χ1v) is 10.1. The Morgan fingerprint density at radius 3 is 2.57 bits per heavy atom. The van der Waals surface area contributed by atoms with Crippen molar-refractivity contribution in [3.05, 3.63) is 66.5 Å². The van der Waals surface area contributed by atoms with Crippen LogP contribution in [0.25, 0.3) is 21.7 Å². The van der Waals surface area contributed by atoms with E-state index in [4.69, 9.17) is 9.47 Å². The summed E-state index contributed by atoms with van der Waals surface area (Å²) < 4.78 is 10.9. The molecule has 1 N–H and O–H groups in total. The second-order valence-electron chi connectivity index (χ2n) is 7.48. The fourth-order valence-corrected chi connectivity index (χ4v) is 4.21. The number of aromatic nitrogens is 2. The van der Waals surface area contributed by atoms with Crippen molar-refractivity contribution in [3.63, 3.8) is 0 Å². The molecule has 0 radical (unpaired) electrons. The lowest BCUT2D eigenvalue weighted by molar-refractivity contribution is 0.355. The number of hydrogen-bond donors (Lipinski definition) is 1. The molecule has 6 nitrogen and oxygen atoms in total. The largest absolute Gasteiger partial charge is 0.493 e. The molecule has 0 bridgehead atoms. The second-order valence-corrected chi connectivity index (χ2v) is 7.48. The Balaban J connectivity index is 1.50. The molecule has 1 saturated heterocycles. The number of ether oxygens (including phenoxy) is 2. The number of fused-ring (bicyclic) bond motifs is 2. The summed E-state index contributed by atoms with van der Waals surface area (Å²) in [5, 5.41) is 7.15. The molecule has 1 unspecified atom stereocenters. The van der Waals surface area contributed by atoms with Gasteiger partial charge in [-0.1, -0.05) is 36.4 Å². The molecule has 0 amide bonds. The van der Waals surface area contributed by atoms with Crippen LogP contribution in [0.2, 0.25) is 0 Å². The molecule has 1 aromatic heterocycles. The summed E-state index contributed by atoms with van der Waals surface area (Å²) in [7, 11) is 3.28. The summed E-state index contributed by atoms with van der Waals surface area (Å²) in [4.78, 5) is 11.4. The Morgan fingerprint density at radius 1 is 0.933 bits per heavy atom. The third-order valence-electron chi connectivity index (χ3n) is 5.77. The Kier molecular flexibility index (Phi) is 4.85. The minimum absolute atomic E-state index is 0.230. The van der Waals surface area contributed by atoms with Crippen LogP contribution in [0.5, 0.6) is 11.5 Å². The number of benzene rings is 3. The van der Waals surface area contributed by atoms with Crippen molar-refractivity contribution in [1.82, 2.24) is 15.3 Å². The van der Waals surface area contributed by atoms with Gasteiger partial charge < -0.3 is 19.7 Å². The molecule has 4 aromatic rings. The van der Waals surface area contributed by atoms with E-state index in [-0.39, 0.29) is 6.04 Å². The zero-order chi connectivity index (χ0) is 20.5. The van der Waals surface area contributed by atoms with Gasteiger partial charge >= 0.3 is 0 Å². The van der Waals surface area contributed by atoms with Crippen molar-refractivity contribution in [2.45, 2.75) is 6.04 Å². The fraction of sp³-hybridized carbons (Fsp3) is 0.250. The minimum atomic E-state index is 0.230. The van der Waals surface area contributed by atoms with Gasteiger partial charge in [0.05, 0.1) is 19.7 Å². The fourth-order valence-electron chi connectivity index (χ4n) is 4.21. The number of hydrogen-bond acceptors (Lipinski definition) is 6. The average molecular weight is 400 g/mol. The predicted molar refractivity (Wildman–Crippen MR) is 120 cm³/mol. The normalized spacial score (nSPS) is 16.7. The van der Waals surface area contributed by atoms with Gasteiger partial charge in [-0.3, -0.25) is 0 Å². The molecule has 3 aromatic carbocycles. The van der Waals surface area contributed by atoms with Gasteiger partial charge in [-0.25, -0.2) is 9.97 Å². The summed E-state index contributed by atoms with van der Waals surface area (Å²) in [5.74, 6) is 2.28. The number of rotatable bonds is 4. The third-order valence-corrected chi connectivity index (χ3v) is 5.77. The van der Waals surface area contributed by atoms with E-state index in [0.29, 0.717) is 11.5 Å². The van der Waals surface area contributed by atoms with Gasteiger partial charge in [0, 0.05) is 37.1 Å². The molecule has 1 atom stereocenters. The van der Waals surface area contributed by atoms with Gasteiger partial charge in [0.2, 0.25) is 0 Å². The average Bonchev–Trinajstić information content (AvgIpc) is 2.82. The second kappa shape index (κ2) is 7.80. The molecule has 152 valence electrons. The van der Waals surface area contributed by atoms with Gasteiger partial charge in [0.25, 0.3) is 0 Å². The van der Waals surface area contributed by atoms with Gasteiger partial charge in [-0.05, 0) is 28.5 Å². The van der Waals surface area contributed by atoms with E-state index < -0.39 is 0 Å². The molecule has 1 aliphatic heterocycles. The van der Waals surface area contributed by atoms with Crippen LogP contribution in [0.3, 0.4) is 0 Å². The van der Waals surface area contributed by atoms with E-state index >= 15 is 0 Å². The number of piperazine rings is 1. The molecule has 6 heteroatoms. The van der Waals surface area contributed by atoms with E-state index in [9.17, 15) is 0 Å². The lowest BCUT2D eigenvalue weighted by Crippen LogP contribution is -2.46. The standard InChI is InChI=1S/C24H24N4O2/c1-29-22-12-19-20(13-23(22)30-2)26-15-27-24(19)28-10-9-25-21(14-28)18-8-7-16-5-3-4-6-17(16)11-18/h3-8,11-13,15,21,25H,9-10,14H2,1-2H3. The molecule has 1 aliphatic rings. The van der Waals surface area contributed by atoms with Crippen LogP contribution in [0.15, 0.2) is 60.9 Å². The van der Waals surface area contributed by atoms with Crippen LogP contribution in [0, 0.1) is 0 Å². The molecule has 30 heavy (non-hydrogen) atoms. The van der Waals surface area contributed by atoms with Crippen molar-refractivity contribution in [1.29, 1.82) is 0 Å². The topological polar surface area (TPSA) is 59.5 Å². The maximum atomic E-state index is 5.51. The Bertz CT molecular complexity index is 1210. The third kappa shape index (κ3) is 3.29. The van der Waals surface area contributed by atoms with Crippen molar-refractivity contribution >= 4 is 27.5 Å². The number of anilines is 1. The minimum Gasteiger partial charge on any atom is -0.493 e. The summed E-state index contributed by atoms with van der Waals surface area (Å²) in [6, 6.07) is 19.3. The van der Waals surface area contributed by atoms with E-state index in [1.165, 1.54) is 16.3 Å². The van der Waals surface area contributed by atoms with E-state index in [1.807, 2.05) is 12.1 Å². The number of methoxy groups -OCH3 is 2. The quantitative estimate of drug-likeness (QED) is 0.560. The van der Waals surface area contributed by atoms with Crippen LogP contribution in [0.1, 0.15) is 11.6 Å². The van der Waals surface area contributed by atoms with Gasteiger partial charge in [-0.2, -0.15) is 0 Å². The lowest BCUT2D eigenvalue weighted by Gasteiger charge is -2.35. The molecule has 0 saturated carbocycles. The zero-order valence-corrected chi connectivity index (χ0v) is 17.1. The molecular weight excluding hydrogens is 376 g/mol. The van der Waals surface area contributed by atoms with Crippen molar-refractivity contribution < 1.29 is 9.47 Å². The first-order chi connectivity index (χ1) is 14.8. The van der Waals surface area contributed by atoms with E-state index in [2.05, 4.69) is 62.6 Å². The van der Waals surface area contributed by atoms with Crippen LogP contribution >= 0.6 is 0 Å². The van der Waals surface area contributed by atoms with Crippen molar-refractivity contribution in [2.75, 3.05) is 38.8 Å². The van der Waals surface area contributed by atoms with Crippen LogP contribution in [0.4, 0.5) is 5.82 Å². The Labute approximate surface area is 175 Å². The number of nitrogens with zero attached hydrogens (tertiary/aromatic N) is 3. The lowest BCUT2D eigenvalue weighted by atomic mass is 10.00. The highest BCUT2D eigenvalue weighted by Gasteiger charge is 2.24. The number of nitrogens with one attached hydrogen (secondary N) is 1. The molecular formula is C24H24N4O2. The highest BCUT2D eigenvalue weighted by molar-refractivity contribution is 5.92. The molecule has 1 fully saturated rings. The van der Waals surface area contributed by atoms with Crippen LogP contribution in [-0.2, 0) is 0 Å². The van der Waals surface area contributed by atoms with Crippen molar-refractivity contribution in [3.8, 4) is 11.5 Å².